The van der Waals surface area contributed by atoms with Gasteiger partial charge in [-0.3, -0.25) is 4.90 Å². The number of hydrogen-bond donors (Lipinski definition) is 0. The third-order valence-corrected chi connectivity index (χ3v) is 6.32. The van der Waals surface area contributed by atoms with Gasteiger partial charge in [-0.25, -0.2) is 9.97 Å². The van der Waals surface area contributed by atoms with Crippen LogP contribution in [0.3, 0.4) is 0 Å². The molecule has 0 spiro atoms. The lowest BCUT2D eigenvalue weighted by atomic mass is 10.0. The highest BCUT2D eigenvalue weighted by Gasteiger charge is 2.28. The molecule has 2 aromatic rings. The maximum atomic E-state index is 4.59. The summed E-state index contributed by atoms with van der Waals surface area (Å²) >= 11 is 1.78. The molecule has 6 heteroatoms. The molecule has 4 rings (SSSR count). The molecule has 2 saturated heterocycles. The van der Waals surface area contributed by atoms with Crippen molar-refractivity contribution in [2.45, 2.75) is 25.8 Å². The van der Waals surface area contributed by atoms with Gasteiger partial charge in [0.2, 0.25) is 0 Å². The maximum Gasteiger partial charge on any atom is 0.150 e. The van der Waals surface area contributed by atoms with Crippen molar-refractivity contribution in [2.24, 2.45) is 0 Å². The van der Waals surface area contributed by atoms with Crippen molar-refractivity contribution in [3.63, 3.8) is 0 Å². The summed E-state index contributed by atoms with van der Waals surface area (Å²) in [4.78, 5) is 16.6. The summed E-state index contributed by atoms with van der Waals surface area (Å²) in [5, 5.41) is 2.19. The zero-order valence-corrected chi connectivity index (χ0v) is 14.8. The minimum atomic E-state index is 0.741. The number of aryl methyl sites for hydroxylation is 1. The fourth-order valence-corrected chi connectivity index (χ4v) is 4.94. The van der Waals surface area contributed by atoms with Crippen LogP contribution in [0.4, 0.5) is 5.82 Å². The lowest BCUT2D eigenvalue weighted by Gasteiger charge is -2.43. The quantitative estimate of drug-likeness (QED) is 0.843. The fraction of sp³-hybridized carbons (Fsp3) is 0.647. The molecule has 124 valence electrons. The van der Waals surface area contributed by atoms with Crippen LogP contribution in [0.2, 0.25) is 0 Å². The number of hydrogen-bond acceptors (Lipinski definition) is 6. The molecule has 0 radical (unpaired) electrons. The lowest BCUT2D eigenvalue weighted by molar-refractivity contribution is 0.106. The predicted octanol–water partition coefficient (Wildman–Crippen LogP) is 2.22. The Morgan fingerprint density at radius 3 is 2.74 bits per heavy atom. The van der Waals surface area contributed by atoms with Gasteiger partial charge in [0.1, 0.15) is 12.1 Å². The molecule has 0 saturated carbocycles. The van der Waals surface area contributed by atoms with Crippen molar-refractivity contribution in [3.8, 4) is 0 Å². The van der Waals surface area contributed by atoms with Crippen LogP contribution in [0.25, 0.3) is 10.2 Å². The second kappa shape index (κ2) is 6.34. The van der Waals surface area contributed by atoms with E-state index in [2.05, 4.69) is 44.0 Å². The van der Waals surface area contributed by atoms with Gasteiger partial charge < -0.3 is 9.80 Å². The van der Waals surface area contributed by atoms with Crippen molar-refractivity contribution in [1.82, 2.24) is 19.8 Å². The summed E-state index contributed by atoms with van der Waals surface area (Å²) < 4.78 is 1.25. The standard InChI is InChI=1S/C17H25N5S/c1-13-11-23-16-15(13)18-12-19-17(16)22-8-6-21(7-9-22)14-4-3-5-20(2)10-14/h11-12,14H,3-10H2,1-2H3/t14-/m1/s1. The van der Waals surface area contributed by atoms with E-state index < -0.39 is 0 Å². The van der Waals surface area contributed by atoms with E-state index in [-0.39, 0.29) is 0 Å². The average Bonchev–Trinajstić information content (AvgIpc) is 2.97. The highest BCUT2D eigenvalue weighted by atomic mass is 32.1. The predicted molar refractivity (Wildman–Crippen MR) is 96.5 cm³/mol. The van der Waals surface area contributed by atoms with E-state index in [1.165, 1.54) is 36.2 Å². The summed E-state index contributed by atoms with van der Waals surface area (Å²) in [7, 11) is 2.25. The summed E-state index contributed by atoms with van der Waals surface area (Å²) in [5.74, 6) is 1.13. The molecule has 2 aromatic heterocycles. The number of thiophene rings is 1. The number of rotatable bonds is 2. The molecule has 2 aliphatic rings. The lowest BCUT2D eigenvalue weighted by Crippen LogP contribution is -2.54. The van der Waals surface area contributed by atoms with Gasteiger partial charge >= 0.3 is 0 Å². The van der Waals surface area contributed by atoms with Gasteiger partial charge in [-0.15, -0.1) is 11.3 Å². The van der Waals surface area contributed by atoms with Gasteiger partial charge in [-0.2, -0.15) is 0 Å². The summed E-state index contributed by atoms with van der Waals surface area (Å²) in [5.41, 5.74) is 2.38. The zero-order chi connectivity index (χ0) is 15.8. The Morgan fingerprint density at radius 2 is 1.96 bits per heavy atom. The molecular formula is C17H25N5S. The van der Waals surface area contributed by atoms with Crippen LogP contribution in [0.1, 0.15) is 18.4 Å². The highest BCUT2D eigenvalue weighted by molar-refractivity contribution is 7.18. The molecule has 2 aliphatic heterocycles. The van der Waals surface area contributed by atoms with Gasteiger partial charge in [0, 0.05) is 38.8 Å². The number of fused-ring (bicyclic) bond motifs is 1. The topological polar surface area (TPSA) is 35.5 Å². The van der Waals surface area contributed by atoms with Crippen LogP contribution in [-0.4, -0.2) is 72.1 Å². The van der Waals surface area contributed by atoms with Crippen LogP contribution >= 0.6 is 11.3 Å². The minimum absolute atomic E-state index is 0.741. The molecule has 0 amide bonds. The Bertz CT molecular complexity index is 677. The SMILES string of the molecule is Cc1csc2c(N3CCN([C@@H]4CCCN(C)C4)CC3)ncnc12. The summed E-state index contributed by atoms with van der Waals surface area (Å²) in [6.45, 7) is 9.05. The van der Waals surface area contributed by atoms with E-state index in [1.807, 2.05) is 0 Å². The van der Waals surface area contributed by atoms with E-state index in [0.29, 0.717) is 0 Å². The van der Waals surface area contributed by atoms with E-state index in [1.54, 1.807) is 17.7 Å². The zero-order valence-electron chi connectivity index (χ0n) is 14.0. The van der Waals surface area contributed by atoms with Crippen LogP contribution in [0.5, 0.6) is 0 Å². The Balaban J connectivity index is 1.46. The van der Waals surface area contributed by atoms with Gasteiger partial charge in [0.25, 0.3) is 0 Å². The van der Waals surface area contributed by atoms with E-state index in [4.69, 9.17) is 0 Å². The minimum Gasteiger partial charge on any atom is -0.353 e. The number of anilines is 1. The molecule has 2 fully saturated rings. The number of likely N-dealkylation sites (N-methyl/N-ethyl adjacent to an activating group) is 1. The van der Waals surface area contributed by atoms with E-state index in [0.717, 1.165) is 43.6 Å². The number of aromatic nitrogens is 2. The van der Waals surface area contributed by atoms with Crippen molar-refractivity contribution < 1.29 is 0 Å². The first kappa shape index (κ1) is 15.3. The largest absolute Gasteiger partial charge is 0.353 e. The van der Waals surface area contributed by atoms with E-state index >= 15 is 0 Å². The van der Waals surface area contributed by atoms with Crippen LogP contribution in [-0.2, 0) is 0 Å². The fourth-order valence-electron chi connectivity index (χ4n) is 3.92. The van der Waals surface area contributed by atoms with Gasteiger partial charge in [0.05, 0.1) is 10.2 Å². The third-order valence-electron chi connectivity index (χ3n) is 5.24. The van der Waals surface area contributed by atoms with Crippen molar-refractivity contribution >= 4 is 27.4 Å². The molecule has 4 heterocycles. The molecule has 23 heavy (non-hydrogen) atoms. The van der Waals surface area contributed by atoms with Crippen molar-refractivity contribution in [3.05, 3.63) is 17.3 Å². The maximum absolute atomic E-state index is 4.59. The van der Waals surface area contributed by atoms with E-state index in [9.17, 15) is 0 Å². The summed E-state index contributed by atoms with van der Waals surface area (Å²) in [6.07, 6.45) is 4.41. The van der Waals surface area contributed by atoms with Crippen LogP contribution in [0.15, 0.2) is 11.7 Å². The van der Waals surface area contributed by atoms with Crippen molar-refractivity contribution in [2.75, 3.05) is 51.2 Å². The molecular weight excluding hydrogens is 306 g/mol. The molecule has 0 N–H and O–H groups in total. The molecule has 1 atom stereocenters. The first-order chi connectivity index (χ1) is 11.2. The monoisotopic (exact) mass is 331 g/mol. The average molecular weight is 331 g/mol. The molecule has 0 bridgehead atoms. The van der Waals surface area contributed by atoms with Gasteiger partial charge in [0.15, 0.2) is 0 Å². The number of piperazine rings is 1. The van der Waals surface area contributed by atoms with Gasteiger partial charge in [-0.05, 0) is 44.3 Å². The Hall–Kier alpha value is -1.24. The Morgan fingerprint density at radius 1 is 1.13 bits per heavy atom. The smallest absolute Gasteiger partial charge is 0.150 e. The Labute approximate surface area is 141 Å². The number of likely N-dealkylation sites (tertiary alicyclic amines) is 1. The first-order valence-electron chi connectivity index (χ1n) is 8.58. The van der Waals surface area contributed by atoms with Crippen LogP contribution < -0.4 is 4.90 Å². The molecule has 0 unspecified atom stereocenters. The normalized spacial score (nSPS) is 24.4. The Kier molecular flexibility index (Phi) is 4.22. The number of piperidine rings is 1. The molecule has 0 aromatic carbocycles. The number of nitrogens with zero attached hydrogens (tertiary/aromatic N) is 5. The molecule has 5 nitrogen and oxygen atoms in total. The van der Waals surface area contributed by atoms with Crippen molar-refractivity contribution in [1.29, 1.82) is 0 Å². The second-order valence-corrected chi connectivity index (χ2v) is 7.75. The highest BCUT2D eigenvalue weighted by Crippen LogP contribution is 2.31. The molecule has 0 aliphatic carbocycles. The summed E-state index contributed by atoms with van der Waals surface area (Å²) in [6, 6.07) is 0.741. The van der Waals surface area contributed by atoms with Gasteiger partial charge in [-0.1, -0.05) is 0 Å². The first-order valence-corrected chi connectivity index (χ1v) is 9.46. The van der Waals surface area contributed by atoms with Crippen LogP contribution in [0, 0.1) is 6.92 Å². The third kappa shape index (κ3) is 2.95. The second-order valence-electron chi connectivity index (χ2n) is 6.88.